The third kappa shape index (κ3) is 4.05. The number of hydrogen-bond donors (Lipinski definition) is 1. The van der Waals surface area contributed by atoms with E-state index in [1.54, 1.807) is 0 Å². The Morgan fingerprint density at radius 3 is 2.68 bits per heavy atom. The SMILES string of the molecule is Cc1ccc(C)c(N/N=C(\C#N)c2nc(-c3ccc(Cl)cc3)cs2)c1. The number of nitrogens with one attached hydrogen (secondary N) is 1. The lowest BCUT2D eigenvalue weighted by Gasteiger charge is -2.06. The summed E-state index contributed by atoms with van der Waals surface area (Å²) in [6, 6.07) is 15.6. The van der Waals surface area contributed by atoms with Crippen molar-refractivity contribution in [3.63, 3.8) is 0 Å². The van der Waals surface area contributed by atoms with Gasteiger partial charge in [0.15, 0.2) is 10.7 Å². The Bertz CT molecular complexity index is 968. The highest BCUT2D eigenvalue weighted by Gasteiger charge is 2.11. The van der Waals surface area contributed by atoms with Crippen LogP contribution in [0.3, 0.4) is 0 Å². The van der Waals surface area contributed by atoms with Gasteiger partial charge in [-0.1, -0.05) is 35.9 Å². The second-order valence-electron chi connectivity index (χ2n) is 5.55. The van der Waals surface area contributed by atoms with E-state index in [1.165, 1.54) is 11.3 Å². The van der Waals surface area contributed by atoms with Gasteiger partial charge in [-0.3, -0.25) is 5.43 Å². The number of rotatable bonds is 4. The second-order valence-corrected chi connectivity index (χ2v) is 6.84. The molecular weight excluding hydrogens is 352 g/mol. The molecule has 0 saturated heterocycles. The number of halogens is 1. The molecule has 3 rings (SSSR count). The molecule has 0 fully saturated rings. The first-order valence-electron chi connectivity index (χ1n) is 7.59. The van der Waals surface area contributed by atoms with Crippen LogP contribution in [-0.4, -0.2) is 10.7 Å². The van der Waals surface area contributed by atoms with Crippen molar-refractivity contribution in [2.24, 2.45) is 5.10 Å². The lowest BCUT2D eigenvalue weighted by Crippen LogP contribution is -2.02. The van der Waals surface area contributed by atoms with Crippen molar-refractivity contribution in [2.75, 3.05) is 5.43 Å². The van der Waals surface area contributed by atoms with Gasteiger partial charge in [-0.2, -0.15) is 10.4 Å². The van der Waals surface area contributed by atoms with Gasteiger partial charge in [-0.15, -0.1) is 11.3 Å². The van der Waals surface area contributed by atoms with E-state index in [0.717, 1.165) is 28.1 Å². The van der Waals surface area contributed by atoms with Crippen LogP contribution in [0.5, 0.6) is 0 Å². The van der Waals surface area contributed by atoms with Crippen molar-refractivity contribution in [3.8, 4) is 17.3 Å². The van der Waals surface area contributed by atoms with Crippen LogP contribution in [0.15, 0.2) is 52.9 Å². The van der Waals surface area contributed by atoms with Crippen molar-refractivity contribution in [1.82, 2.24) is 4.98 Å². The fourth-order valence-electron chi connectivity index (χ4n) is 2.23. The van der Waals surface area contributed by atoms with Gasteiger partial charge in [0.2, 0.25) is 0 Å². The Hall–Kier alpha value is -2.68. The van der Waals surface area contributed by atoms with Gasteiger partial charge >= 0.3 is 0 Å². The molecule has 0 saturated carbocycles. The maximum atomic E-state index is 9.43. The summed E-state index contributed by atoms with van der Waals surface area (Å²) in [5.41, 5.74) is 8.04. The Balaban J connectivity index is 1.85. The number of nitrogens with zero attached hydrogens (tertiary/aromatic N) is 3. The van der Waals surface area contributed by atoms with Crippen molar-refractivity contribution in [2.45, 2.75) is 13.8 Å². The molecule has 2 aromatic carbocycles. The fraction of sp³-hybridized carbons (Fsp3) is 0.105. The van der Waals surface area contributed by atoms with Crippen LogP contribution in [-0.2, 0) is 0 Å². The lowest BCUT2D eigenvalue weighted by atomic mass is 10.1. The topological polar surface area (TPSA) is 61.1 Å². The fourth-order valence-corrected chi connectivity index (χ4v) is 3.12. The Labute approximate surface area is 155 Å². The van der Waals surface area contributed by atoms with E-state index >= 15 is 0 Å². The third-order valence-corrected chi connectivity index (χ3v) is 4.73. The Kier molecular flexibility index (Phi) is 5.13. The van der Waals surface area contributed by atoms with Crippen LogP contribution in [0.25, 0.3) is 11.3 Å². The molecule has 124 valence electrons. The minimum atomic E-state index is 0.256. The van der Waals surface area contributed by atoms with E-state index in [1.807, 2.05) is 61.7 Å². The summed E-state index contributed by atoms with van der Waals surface area (Å²) in [5, 5.41) is 16.8. The number of thiazole rings is 1. The molecule has 3 aromatic rings. The molecule has 0 atom stereocenters. The number of hydrazone groups is 1. The molecule has 0 spiro atoms. The van der Waals surface area contributed by atoms with Crippen LogP contribution >= 0.6 is 22.9 Å². The van der Waals surface area contributed by atoms with E-state index in [9.17, 15) is 5.26 Å². The van der Waals surface area contributed by atoms with Gasteiger partial charge in [-0.25, -0.2) is 4.98 Å². The first-order valence-corrected chi connectivity index (χ1v) is 8.85. The second kappa shape index (κ2) is 7.47. The molecule has 4 nitrogen and oxygen atoms in total. The molecule has 0 unspecified atom stereocenters. The first-order chi connectivity index (χ1) is 12.1. The summed E-state index contributed by atoms with van der Waals surface area (Å²) >= 11 is 7.30. The van der Waals surface area contributed by atoms with Crippen LogP contribution in [0.1, 0.15) is 16.1 Å². The highest BCUT2D eigenvalue weighted by Crippen LogP contribution is 2.24. The van der Waals surface area contributed by atoms with Gasteiger partial charge in [-0.05, 0) is 43.2 Å². The molecular formula is C19H15ClN4S. The number of aryl methyl sites for hydroxylation is 2. The lowest BCUT2D eigenvalue weighted by molar-refractivity contribution is 1.27. The molecule has 1 heterocycles. The van der Waals surface area contributed by atoms with E-state index in [4.69, 9.17) is 11.6 Å². The van der Waals surface area contributed by atoms with Crippen molar-refractivity contribution in [3.05, 3.63) is 69.0 Å². The monoisotopic (exact) mass is 366 g/mol. The quantitative estimate of drug-likeness (QED) is 0.495. The summed E-state index contributed by atoms with van der Waals surface area (Å²) < 4.78 is 0. The molecule has 6 heteroatoms. The smallest absolute Gasteiger partial charge is 0.196 e. The van der Waals surface area contributed by atoms with Crippen molar-refractivity contribution >= 4 is 34.3 Å². The summed E-state index contributed by atoms with van der Waals surface area (Å²) in [5.74, 6) is 0. The predicted molar refractivity (Wildman–Crippen MR) is 104 cm³/mol. The summed E-state index contributed by atoms with van der Waals surface area (Å²) in [6.45, 7) is 4.00. The number of hydrogen-bond acceptors (Lipinski definition) is 5. The number of benzene rings is 2. The molecule has 1 aromatic heterocycles. The average Bonchev–Trinajstić information content (AvgIpc) is 3.09. The zero-order chi connectivity index (χ0) is 17.8. The number of aromatic nitrogens is 1. The van der Waals surface area contributed by atoms with Gasteiger partial charge < -0.3 is 0 Å². The van der Waals surface area contributed by atoms with Crippen molar-refractivity contribution in [1.29, 1.82) is 5.26 Å². The molecule has 0 aliphatic heterocycles. The standard InChI is InChI=1S/C19H15ClN4S/c1-12-3-4-13(2)16(9-12)23-24-17(10-21)19-22-18(11-25-19)14-5-7-15(20)8-6-14/h3-9,11,23H,1-2H3/b24-17+. The zero-order valence-corrected chi connectivity index (χ0v) is 15.3. The van der Waals surface area contributed by atoms with Crippen LogP contribution < -0.4 is 5.43 Å². The van der Waals surface area contributed by atoms with Gasteiger partial charge in [0, 0.05) is 16.0 Å². The highest BCUT2D eigenvalue weighted by molar-refractivity contribution is 7.12. The summed E-state index contributed by atoms with van der Waals surface area (Å²) in [4.78, 5) is 4.52. The molecule has 0 aliphatic carbocycles. The van der Waals surface area contributed by atoms with Crippen LogP contribution in [0.2, 0.25) is 5.02 Å². The maximum absolute atomic E-state index is 9.43. The van der Waals surface area contributed by atoms with E-state index in [2.05, 4.69) is 21.6 Å². The minimum absolute atomic E-state index is 0.256. The largest absolute Gasteiger partial charge is 0.277 e. The van der Waals surface area contributed by atoms with Crippen molar-refractivity contribution < 1.29 is 0 Å². The first kappa shape index (κ1) is 17.2. The minimum Gasteiger partial charge on any atom is -0.277 e. The molecule has 0 amide bonds. The number of nitriles is 1. The molecule has 25 heavy (non-hydrogen) atoms. The maximum Gasteiger partial charge on any atom is 0.196 e. The van der Waals surface area contributed by atoms with Gasteiger partial charge in [0.1, 0.15) is 6.07 Å². The van der Waals surface area contributed by atoms with Crippen LogP contribution in [0, 0.1) is 25.2 Å². The Morgan fingerprint density at radius 1 is 1.20 bits per heavy atom. The van der Waals surface area contributed by atoms with Gasteiger partial charge in [0.05, 0.1) is 11.4 Å². The molecule has 0 radical (unpaired) electrons. The third-order valence-electron chi connectivity index (χ3n) is 3.63. The van der Waals surface area contributed by atoms with E-state index in [0.29, 0.717) is 10.0 Å². The van der Waals surface area contributed by atoms with Crippen LogP contribution in [0.4, 0.5) is 5.69 Å². The van der Waals surface area contributed by atoms with E-state index in [-0.39, 0.29) is 5.71 Å². The predicted octanol–water partition coefficient (Wildman–Crippen LogP) is 5.42. The molecule has 0 aliphatic rings. The highest BCUT2D eigenvalue weighted by atomic mass is 35.5. The summed E-state index contributed by atoms with van der Waals surface area (Å²) in [6.07, 6.45) is 0. The summed E-state index contributed by atoms with van der Waals surface area (Å²) in [7, 11) is 0. The average molecular weight is 367 g/mol. The number of anilines is 1. The van der Waals surface area contributed by atoms with Gasteiger partial charge in [0.25, 0.3) is 0 Å². The molecule has 1 N–H and O–H groups in total. The Morgan fingerprint density at radius 2 is 1.96 bits per heavy atom. The molecule has 0 bridgehead atoms. The van der Waals surface area contributed by atoms with E-state index < -0.39 is 0 Å². The normalized spacial score (nSPS) is 11.2. The zero-order valence-electron chi connectivity index (χ0n) is 13.7.